The second-order valence-corrected chi connectivity index (χ2v) is 0. The van der Waals surface area contributed by atoms with Crippen molar-refractivity contribution < 1.29 is 49.4 Å². The molecule has 0 saturated carbocycles. The van der Waals surface area contributed by atoms with Crippen LogP contribution in [0.15, 0.2) is 0 Å². The maximum absolute atomic E-state index is 8.33. The summed E-state index contributed by atoms with van der Waals surface area (Å²) in [7, 11) is 0. The fraction of sp³-hybridized carbons (Fsp3) is 0. The fourth-order valence-corrected chi connectivity index (χ4v) is 0. The van der Waals surface area contributed by atoms with Gasteiger partial charge in [0, 0.05) is 52.0 Å². The first-order valence-corrected chi connectivity index (χ1v) is 1.36. The van der Waals surface area contributed by atoms with Crippen LogP contribution >= 0.6 is 0 Å². The van der Waals surface area contributed by atoms with E-state index in [0.29, 0.717) is 19.8 Å². The zero-order valence-corrected chi connectivity index (χ0v) is 10.6. The van der Waals surface area contributed by atoms with Crippen molar-refractivity contribution in [1.82, 2.24) is 0 Å². The Hall–Kier alpha value is 2.24. The molecule has 0 bridgehead atoms. The third-order valence-electron chi connectivity index (χ3n) is 0. The van der Waals surface area contributed by atoms with E-state index >= 15 is 0 Å². The van der Waals surface area contributed by atoms with Crippen LogP contribution in [-0.2, 0) is 49.4 Å². The normalized spacial score (nSPS) is 1.00. The van der Waals surface area contributed by atoms with Crippen molar-refractivity contribution in [3.8, 4) is 0 Å². The van der Waals surface area contributed by atoms with Crippen molar-refractivity contribution in [3.05, 3.63) is 0 Å². The molecule has 19 valence electrons. The predicted octanol–water partition coefficient (Wildman–Crippen LogP) is -0.505. The van der Waals surface area contributed by atoms with E-state index in [-0.39, 0.29) is 52.0 Å². The SMILES string of the molecule is [In].[O]=[W].[Zr]. The minimum atomic E-state index is 0. The topological polar surface area (TPSA) is 17.1 Å². The molecule has 4 heavy (non-hydrogen) atoms. The van der Waals surface area contributed by atoms with E-state index in [9.17, 15) is 0 Å². The first-order chi connectivity index (χ1) is 1.00. The zero-order valence-electron chi connectivity index (χ0n) is 1.89. The van der Waals surface area contributed by atoms with Gasteiger partial charge in [-0.15, -0.1) is 0 Å². The minimum absolute atomic E-state index is 0. The van der Waals surface area contributed by atoms with E-state index in [1.54, 1.807) is 0 Å². The maximum atomic E-state index is 8.33. The van der Waals surface area contributed by atoms with Gasteiger partial charge in [-0.3, -0.25) is 0 Å². The smallest absolute Gasteiger partial charge is 0 e. The van der Waals surface area contributed by atoms with Gasteiger partial charge in [0.05, 0.1) is 0 Å². The van der Waals surface area contributed by atoms with Gasteiger partial charge in [0.25, 0.3) is 0 Å². The van der Waals surface area contributed by atoms with E-state index < -0.39 is 0 Å². The molecule has 4 heteroatoms. The third kappa shape index (κ3) is 8.87. The first-order valence-electron chi connectivity index (χ1n) is 0.167. The minimum Gasteiger partial charge on any atom is 0 e. The van der Waals surface area contributed by atoms with Crippen LogP contribution in [0, 0.1) is 0 Å². The Morgan fingerprint density at radius 1 is 1.25 bits per heavy atom. The molecule has 0 N–H and O–H groups in total. The van der Waals surface area contributed by atoms with Gasteiger partial charge in [-0.05, 0) is 0 Å². The number of hydrogen-bond acceptors (Lipinski definition) is 1. The van der Waals surface area contributed by atoms with Crippen LogP contribution in [-0.4, -0.2) is 25.8 Å². The molecule has 0 atom stereocenters. The Kier molecular flexibility index (Phi) is 76.6. The molecule has 3 radical (unpaired) electrons. The molecule has 0 amide bonds. The molecule has 0 aromatic carbocycles. The number of hydrogen-bond donors (Lipinski definition) is 0. The summed E-state index contributed by atoms with van der Waals surface area (Å²) in [4.78, 5) is 0. The zero-order chi connectivity index (χ0) is 2.00. The summed E-state index contributed by atoms with van der Waals surface area (Å²) < 4.78 is 8.33. The van der Waals surface area contributed by atoms with E-state index in [4.69, 9.17) is 3.40 Å². The molecule has 0 unspecified atom stereocenters. The first kappa shape index (κ1) is 16.3. The van der Waals surface area contributed by atoms with Gasteiger partial charge in [0.15, 0.2) is 0 Å². The molecule has 0 aliphatic rings. The molecular formula is InOWZr. The van der Waals surface area contributed by atoms with Gasteiger partial charge in [0.1, 0.15) is 0 Å². The van der Waals surface area contributed by atoms with E-state index in [2.05, 4.69) is 0 Å². The largest absolute Gasteiger partial charge is 0 e. The van der Waals surface area contributed by atoms with Gasteiger partial charge in [-0.2, -0.15) is 0 Å². The van der Waals surface area contributed by atoms with Crippen LogP contribution in [0.5, 0.6) is 0 Å². The predicted molar refractivity (Wildman–Crippen MR) is 6.44 cm³/mol. The summed E-state index contributed by atoms with van der Waals surface area (Å²) in [5.41, 5.74) is 0. The Labute approximate surface area is 74.0 Å². The monoisotopic (exact) mass is 405 g/mol. The molecule has 0 aliphatic heterocycles. The van der Waals surface area contributed by atoms with Gasteiger partial charge in [-0.25, -0.2) is 0 Å². The van der Waals surface area contributed by atoms with Crippen molar-refractivity contribution >= 4 is 25.8 Å². The van der Waals surface area contributed by atoms with Gasteiger partial charge in [-0.1, -0.05) is 0 Å². The second kappa shape index (κ2) is 18.8. The molecule has 0 saturated heterocycles. The molecule has 0 aromatic rings. The van der Waals surface area contributed by atoms with Crippen LogP contribution in [0.25, 0.3) is 0 Å². The maximum Gasteiger partial charge on any atom is 0 e. The Morgan fingerprint density at radius 3 is 1.25 bits per heavy atom. The van der Waals surface area contributed by atoms with Crippen molar-refractivity contribution in [2.45, 2.75) is 0 Å². The summed E-state index contributed by atoms with van der Waals surface area (Å²) in [5.74, 6) is 0. The Morgan fingerprint density at radius 2 is 1.25 bits per heavy atom. The molecule has 0 rings (SSSR count). The fourth-order valence-electron chi connectivity index (χ4n) is 0. The van der Waals surface area contributed by atoms with Crippen molar-refractivity contribution in [2.75, 3.05) is 0 Å². The van der Waals surface area contributed by atoms with Gasteiger partial charge < -0.3 is 0 Å². The summed E-state index contributed by atoms with van der Waals surface area (Å²) in [6, 6.07) is 0. The quantitative estimate of drug-likeness (QED) is 0.531. The molecule has 1 nitrogen and oxygen atoms in total. The molecule has 0 fully saturated rings. The summed E-state index contributed by atoms with van der Waals surface area (Å²) in [6.07, 6.45) is 0. The summed E-state index contributed by atoms with van der Waals surface area (Å²) in [6.45, 7) is 0. The van der Waals surface area contributed by atoms with Crippen LogP contribution in [0.4, 0.5) is 0 Å². The molecule has 0 aromatic heterocycles. The van der Waals surface area contributed by atoms with Gasteiger partial charge in [0.2, 0.25) is 0 Å². The van der Waals surface area contributed by atoms with Crippen LogP contribution in [0.3, 0.4) is 0 Å². The average Bonchev–Trinajstić information content (AvgIpc) is 1.00. The molecular weight excluding hydrogens is 406 g/mol. The van der Waals surface area contributed by atoms with Crippen molar-refractivity contribution in [3.63, 3.8) is 0 Å². The van der Waals surface area contributed by atoms with Crippen LogP contribution < -0.4 is 0 Å². The van der Waals surface area contributed by atoms with E-state index in [0.717, 1.165) is 0 Å². The van der Waals surface area contributed by atoms with E-state index in [1.165, 1.54) is 0 Å². The summed E-state index contributed by atoms with van der Waals surface area (Å²) in [5, 5.41) is 0. The van der Waals surface area contributed by atoms with Crippen molar-refractivity contribution in [1.29, 1.82) is 0 Å². The standard InChI is InChI=1S/In.O.W.Zr. The Bertz CT molecular complexity index is 8.00. The van der Waals surface area contributed by atoms with Crippen LogP contribution in [0.2, 0.25) is 0 Å². The number of rotatable bonds is 0. The third-order valence-corrected chi connectivity index (χ3v) is 0. The molecule has 0 heterocycles. The second-order valence-electron chi connectivity index (χ2n) is 0. The Balaban J connectivity index is -0.00000000500. The van der Waals surface area contributed by atoms with Crippen molar-refractivity contribution in [2.24, 2.45) is 0 Å². The summed E-state index contributed by atoms with van der Waals surface area (Å²) >= 11 is 0.333. The van der Waals surface area contributed by atoms with Gasteiger partial charge >= 0.3 is 23.2 Å². The average molecular weight is 406 g/mol. The van der Waals surface area contributed by atoms with Crippen LogP contribution in [0.1, 0.15) is 0 Å². The molecule has 0 spiro atoms. The molecule has 0 aliphatic carbocycles. The van der Waals surface area contributed by atoms with E-state index in [1.807, 2.05) is 0 Å².